The Labute approximate surface area is 386 Å². The summed E-state index contributed by atoms with van der Waals surface area (Å²) >= 11 is 0. The lowest BCUT2D eigenvalue weighted by molar-refractivity contribution is -0.167. The number of carbonyl (C=O) groups excluding carboxylic acids is 3. The van der Waals surface area contributed by atoms with E-state index in [2.05, 4.69) is 142 Å². The van der Waals surface area contributed by atoms with Gasteiger partial charge in [-0.15, -0.1) is 0 Å². The number of unbranched alkanes of at least 4 members (excludes halogenated alkanes) is 12. The summed E-state index contributed by atoms with van der Waals surface area (Å²) in [5.41, 5.74) is 0. The van der Waals surface area contributed by atoms with E-state index in [0.29, 0.717) is 25.7 Å². The second-order valence-corrected chi connectivity index (χ2v) is 16.0. The lowest BCUT2D eigenvalue weighted by Crippen LogP contribution is -2.30. The fraction of sp³-hybridized carbons (Fsp3) is 0.596. The van der Waals surface area contributed by atoms with Gasteiger partial charge in [-0.25, -0.2) is 0 Å². The number of hydrogen-bond donors (Lipinski definition) is 0. The fourth-order valence-electron chi connectivity index (χ4n) is 6.20. The first kappa shape index (κ1) is 58.8. The van der Waals surface area contributed by atoms with Crippen LogP contribution in [0.2, 0.25) is 0 Å². The first-order chi connectivity index (χ1) is 31.0. The molecule has 0 N–H and O–H groups in total. The largest absolute Gasteiger partial charge is 0.462 e. The Kier molecular flexibility index (Phi) is 47.1. The average molecular weight is 871 g/mol. The molecule has 0 aliphatic carbocycles. The lowest BCUT2D eigenvalue weighted by atomic mass is 10.1. The number of esters is 3. The molecule has 0 aromatic rings. The van der Waals surface area contributed by atoms with Gasteiger partial charge < -0.3 is 14.2 Å². The van der Waals surface area contributed by atoms with Crippen LogP contribution < -0.4 is 0 Å². The van der Waals surface area contributed by atoms with E-state index >= 15 is 0 Å². The van der Waals surface area contributed by atoms with Crippen LogP contribution in [-0.4, -0.2) is 37.2 Å². The van der Waals surface area contributed by atoms with E-state index in [4.69, 9.17) is 14.2 Å². The summed E-state index contributed by atoms with van der Waals surface area (Å²) in [4.78, 5) is 37.6. The molecule has 354 valence electrons. The van der Waals surface area contributed by atoms with Crippen molar-refractivity contribution in [3.8, 4) is 0 Å². The highest BCUT2D eigenvalue weighted by Crippen LogP contribution is 2.12. The molecule has 0 aliphatic rings. The molecule has 0 aliphatic heterocycles. The summed E-state index contributed by atoms with van der Waals surface area (Å²) in [5.74, 6) is -0.987. The second kappa shape index (κ2) is 50.5. The molecule has 0 heterocycles. The number of carbonyl (C=O) groups is 3. The zero-order valence-electron chi connectivity index (χ0n) is 40.3. The van der Waals surface area contributed by atoms with Gasteiger partial charge in [-0.2, -0.15) is 0 Å². The predicted molar refractivity (Wildman–Crippen MR) is 269 cm³/mol. The standard InChI is InChI=1S/C57H90O6/c1-4-7-10-13-15-17-19-21-22-23-24-25-26-27-28-29-30-31-32-33-34-36-37-39-41-44-47-50-56(59)62-53-54(52-61-55(58)49-46-43-12-9-6-3)63-57(60)51-48-45-42-40-38-35-20-18-16-14-11-8-5-2/h7,10-11,14-15,17-18,20-22,24-25,27-28,30-31,33-34,37,39,54H,4-6,8-9,12-13,16,19,23,26,29,32,35-36,38,40-53H2,1-3H3/b10-7-,14-11-,17-15-,20-18-,22-21-,25-24-,28-27-,31-30-,34-33-,39-37-. The van der Waals surface area contributed by atoms with E-state index < -0.39 is 6.10 Å². The van der Waals surface area contributed by atoms with Crippen molar-refractivity contribution in [2.75, 3.05) is 13.2 Å². The molecule has 0 saturated carbocycles. The zero-order valence-corrected chi connectivity index (χ0v) is 40.3. The van der Waals surface area contributed by atoms with Gasteiger partial charge in [-0.3, -0.25) is 14.4 Å². The van der Waals surface area contributed by atoms with Gasteiger partial charge in [-0.1, -0.05) is 194 Å². The van der Waals surface area contributed by atoms with E-state index in [-0.39, 0.29) is 31.1 Å². The van der Waals surface area contributed by atoms with Crippen LogP contribution in [0, 0.1) is 0 Å². The Bertz CT molecular complexity index is 1370. The van der Waals surface area contributed by atoms with Gasteiger partial charge in [0.2, 0.25) is 0 Å². The molecule has 0 saturated heterocycles. The van der Waals surface area contributed by atoms with E-state index in [0.717, 1.165) is 148 Å². The average Bonchev–Trinajstić information content (AvgIpc) is 3.28. The summed E-state index contributed by atoms with van der Waals surface area (Å²) in [6.07, 6.45) is 69.4. The Morgan fingerprint density at radius 3 is 1.06 bits per heavy atom. The second-order valence-electron chi connectivity index (χ2n) is 16.0. The Balaban J connectivity index is 4.26. The third-order valence-corrected chi connectivity index (χ3v) is 9.93. The van der Waals surface area contributed by atoms with Gasteiger partial charge in [0.15, 0.2) is 6.10 Å². The number of ether oxygens (including phenoxy) is 3. The SMILES string of the molecule is CC/C=C\C/C=C\C/C=C\C/C=C\C/C=C\C/C=C\C/C=C\C/C=C\CCCCC(=O)OCC(COC(=O)CCCCCCC)OC(=O)CCCCCCC/C=C\C/C=C\CCC. The zero-order chi connectivity index (χ0) is 45.8. The summed E-state index contributed by atoms with van der Waals surface area (Å²) < 4.78 is 16.6. The molecule has 0 amide bonds. The van der Waals surface area contributed by atoms with E-state index in [1.165, 1.54) is 6.42 Å². The minimum absolute atomic E-state index is 0.102. The van der Waals surface area contributed by atoms with Crippen molar-refractivity contribution in [2.45, 2.75) is 207 Å². The Morgan fingerprint density at radius 2 is 0.651 bits per heavy atom. The van der Waals surface area contributed by atoms with Gasteiger partial charge in [0.25, 0.3) is 0 Å². The molecule has 0 aromatic heterocycles. The van der Waals surface area contributed by atoms with Crippen LogP contribution in [0.1, 0.15) is 201 Å². The van der Waals surface area contributed by atoms with Gasteiger partial charge in [-0.05, 0) is 109 Å². The van der Waals surface area contributed by atoms with Gasteiger partial charge >= 0.3 is 17.9 Å². The lowest BCUT2D eigenvalue weighted by Gasteiger charge is -2.18. The third kappa shape index (κ3) is 48.7. The molecular weight excluding hydrogens is 781 g/mol. The fourth-order valence-corrected chi connectivity index (χ4v) is 6.20. The minimum atomic E-state index is -0.801. The first-order valence-corrected chi connectivity index (χ1v) is 25.0. The van der Waals surface area contributed by atoms with E-state index in [1.807, 2.05) is 0 Å². The molecule has 0 radical (unpaired) electrons. The molecule has 0 fully saturated rings. The van der Waals surface area contributed by atoms with Crippen molar-refractivity contribution in [3.05, 3.63) is 122 Å². The van der Waals surface area contributed by atoms with E-state index in [9.17, 15) is 14.4 Å². The molecule has 1 atom stereocenters. The number of allylic oxidation sites excluding steroid dienone is 20. The van der Waals surface area contributed by atoms with Gasteiger partial charge in [0.05, 0.1) is 0 Å². The Morgan fingerprint density at radius 1 is 0.333 bits per heavy atom. The minimum Gasteiger partial charge on any atom is -0.462 e. The highest BCUT2D eigenvalue weighted by molar-refractivity contribution is 5.71. The van der Waals surface area contributed by atoms with Crippen LogP contribution in [0.3, 0.4) is 0 Å². The predicted octanol–water partition coefficient (Wildman–Crippen LogP) is 16.5. The van der Waals surface area contributed by atoms with Gasteiger partial charge in [0, 0.05) is 19.3 Å². The van der Waals surface area contributed by atoms with Crippen molar-refractivity contribution in [1.29, 1.82) is 0 Å². The molecule has 1 unspecified atom stereocenters. The quantitative estimate of drug-likeness (QED) is 0.0263. The molecule has 0 spiro atoms. The van der Waals surface area contributed by atoms with Crippen molar-refractivity contribution in [2.24, 2.45) is 0 Å². The van der Waals surface area contributed by atoms with Crippen LogP contribution >= 0.6 is 0 Å². The van der Waals surface area contributed by atoms with E-state index in [1.54, 1.807) is 0 Å². The summed E-state index contributed by atoms with van der Waals surface area (Å²) in [5, 5.41) is 0. The molecule has 6 nitrogen and oxygen atoms in total. The normalized spacial score (nSPS) is 13.1. The van der Waals surface area contributed by atoms with Crippen LogP contribution in [0.4, 0.5) is 0 Å². The van der Waals surface area contributed by atoms with Crippen LogP contribution in [0.5, 0.6) is 0 Å². The molecule has 6 heteroatoms. The molecule has 0 aromatic carbocycles. The molecular formula is C57H90O6. The molecule has 0 bridgehead atoms. The van der Waals surface area contributed by atoms with Crippen molar-refractivity contribution in [1.82, 2.24) is 0 Å². The highest BCUT2D eigenvalue weighted by atomic mass is 16.6. The Hall–Kier alpha value is -4.19. The van der Waals surface area contributed by atoms with Crippen molar-refractivity contribution >= 4 is 17.9 Å². The third-order valence-electron chi connectivity index (χ3n) is 9.93. The highest BCUT2D eigenvalue weighted by Gasteiger charge is 2.19. The van der Waals surface area contributed by atoms with Crippen molar-refractivity contribution in [3.63, 3.8) is 0 Å². The maximum Gasteiger partial charge on any atom is 0.306 e. The van der Waals surface area contributed by atoms with Crippen LogP contribution in [0.25, 0.3) is 0 Å². The summed E-state index contributed by atoms with van der Waals surface area (Å²) in [6, 6.07) is 0. The monoisotopic (exact) mass is 871 g/mol. The molecule has 63 heavy (non-hydrogen) atoms. The first-order valence-electron chi connectivity index (χ1n) is 25.0. The summed E-state index contributed by atoms with van der Waals surface area (Å²) in [7, 11) is 0. The maximum absolute atomic E-state index is 12.7. The number of rotatable bonds is 43. The maximum atomic E-state index is 12.7. The van der Waals surface area contributed by atoms with Crippen LogP contribution in [-0.2, 0) is 28.6 Å². The van der Waals surface area contributed by atoms with Crippen molar-refractivity contribution < 1.29 is 28.6 Å². The summed E-state index contributed by atoms with van der Waals surface area (Å²) in [6.45, 7) is 6.29. The smallest absolute Gasteiger partial charge is 0.306 e. The van der Waals surface area contributed by atoms with Gasteiger partial charge in [0.1, 0.15) is 13.2 Å². The topological polar surface area (TPSA) is 78.9 Å². The number of hydrogen-bond acceptors (Lipinski definition) is 6. The van der Waals surface area contributed by atoms with Crippen LogP contribution in [0.15, 0.2) is 122 Å². The molecule has 0 rings (SSSR count).